The first-order chi connectivity index (χ1) is 15.0. The van der Waals surface area contributed by atoms with Crippen molar-refractivity contribution in [3.63, 3.8) is 0 Å². The van der Waals surface area contributed by atoms with E-state index in [1.165, 1.54) is 33.5 Å². The summed E-state index contributed by atoms with van der Waals surface area (Å²) >= 11 is 0. The van der Waals surface area contributed by atoms with Gasteiger partial charge in [-0.15, -0.1) is 0 Å². The Labute approximate surface area is 193 Å². The fourth-order valence-electron chi connectivity index (χ4n) is 4.88. The van der Waals surface area contributed by atoms with Gasteiger partial charge in [-0.05, 0) is 65.5 Å². The molecule has 0 amide bonds. The Bertz CT molecular complexity index is 1030. The minimum atomic E-state index is -0.544. The van der Waals surface area contributed by atoms with E-state index in [-0.39, 0.29) is 10.8 Å². The van der Waals surface area contributed by atoms with Crippen LogP contribution in [-0.2, 0) is 14.9 Å². The van der Waals surface area contributed by atoms with Crippen LogP contribution in [0, 0.1) is 5.41 Å². The molecule has 0 aromatic heterocycles. The van der Waals surface area contributed by atoms with E-state index in [0.717, 1.165) is 31.8 Å². The highest BCUT2D eigenvalue weighted by Crippen LogP contribution is 2.50. The van der Waals surface area contributed by atoms with Gasteiger partial charge in [-0.1, -0.05) is 39.8 Å². The zero-order valence-corrected chi connectivity index (χ0v) is 21.0. The summed E-state index contributed by atoms with van der Waals surface area (Å²) in [5.74, 6) is -0.544. The predicted octanol–water partition coefficient (Wildman–Crippen LogP) is 5.93. The number of aliphatic imine (C=N–C) groups is 1. The van der Waals surface area contributed by atoms with Crippen LogP contribution < -0.4 is 4.90 Å². The molecule has 0 unspecified atom stereocenters. The third-order valence-corrected chi connectivity index (χ3v) is 7.14. The summed E-state index contributed by atoms with van der Waals surface area (Å²) in [6, 6.07) is 6.89. The summed E-state index contributed by atoms with van der Waals surface area (Å²) < 4.78 is 12.4. The van der Waals surface area contributed by atoms with E-state index in [1.54, 1.807) is 0 Å². The zero-order chi connectivity index (χ0) is 23.3. The van der Waals surface area contributed by atoms with Crippen molar-refractivity contribution in [2.45, 2.75) is 58.7 Å². The second-order valence-electron chi connectivity index (χ2n) is 11.1. The van der Waals surface area contributed by atoms with E-state index in [2.05, 4.69) is 95.0 Å². The molecular weight excluding hydrogens is 396 g/mol. The topological polar surface area (TPSA) is 34.1 Å². The molecule has 0 spiro atoms. The van der Waals surface area contributed by atoms with Crippen molar-refractivity contribution in [1.29, 1.82) is 0 Å². The summed E-state index contributed by atoms with van der Waals surface area (Å²) in [5.41, 5.74) is 8.98. The fraction of sp³-hybridized carbons (Fsp3) is 0.536. The van der Waals surface area contributed by atoms with Gasteiger partial charge in [0.15, 0.2) is 5.79 Å². The SMILES string of the molecule is CN=C1C=CC2=C(CCC3(C)OCC(C)(C)CO3)c3ccc(N(C)C)cc3C(C)(C)C2=C1. The van der Waals surface area contributed by atoms with Crippen LogP contribution in [-0.4, -0.2) is 45.9 Å². The molecule has 172 valence electrons. The molecule has 0 bridgehead atoms. The quantitative estimate of drug-likeness (QED) is 0.589. The number of fused-ring (bicyclic) bond motifs is 2. The molecule has 0 saturated carbocycles. The van der Waals surface area contributed by atoms with E-state index in [0.29, 0.717) is 0 Å². The minimum Gasteiger partial charge on any atom is -0.378 e. The number of nitrogens with zero attached hydrogens (tertiary/aromatic N) is 2. The van der Waals surface area contributed by atoms with Gasteiger partial charge >= 0.3 is 0 Å². The molecular formula is C28H38N2O2. The molecule has 0 radical (unpaired) electrons. The monoisotopic (exact) mass is 434 g/mol. The second-order valence-corrected chi connectivity index (χ2v) is 11.1. The van der Waals surface area contributed by atoms with Crippen molar-refractivity contribution in [2.24, 2.45) is 10.4 Å². The minimum absolute atomic E-state index is 0.0728. The Morgan fingerprint density at radius 1 is 1.00 bits per heavy atom. The van der Waals surface area contributed by atoms with Gasteiger partial charge < -0.3 is 14.4 Å². The highest BCUT2D eigenvalue weighted by atomic mass is 16.7. The first-order valence-electron chi connectivity index (χ1n) is 11.7. The summed E-state index contributed by atoms with van der Waals surface area (Å²) in [5, 5.41) is 0. The second kappa shape index (κ2) is 8.00. The number of ether oxygens (including phenoxy) is 2. The van der Waals surface area contributed by atoms with E-state index in [4.69, 9.17) is 9.47 Å². The Kier molecular flexibility index (Phi) is 5.75. The van der Waals surface area contributed by atoms with Crippen LogP contribution in [0.2, 0.25) is 0 Å². The Balaban J connectivity index is 1.76. The van der Waals surface area contributed by atoms with Crippen molar-refractivity contribution >= 4 is 17.0 Å². The molecule has 4 nitrogen and oxygen atoms in total. The van der Waals surface area contributed by atoms with E-state index in [1.807, 2.05) is 7.05 Å². The van der Waals surface area contributed by atoms with Crippen LogP contribution in [0.1, 0.15) is 58.6 Å². The average Bonchev–Trinajstić information content (AvgIpc) is 2.75. The maximum absolute atomic E-state index is 6.22. The van der Waals surface area contributed by atoms with Gasteiger partial charge in [0.25, 0.3) is 0 Å². The number of allylic oxidation sites excluding steroid dienone is 6. The van der Waals surface area contributed by atoms with Crippen molar-refractivity contribution in [2.75, 3.05) is 39.3 Å². The molecule has 1 aromatic carbocycles. The lowest BCUT2D eigenvalue weighted by molar-refractivity contribution is -0.291. The maximum Gasteiger partial charge on any atom is 0.165 e. The summed E-state index contributed by atoms with van der Waals surface area (Å²) in [7, 11) is 6.06. The predicted molar refractivity (Wildman–Crippen MR) is 135 cm³/mol. The van der Waals surface area contributed by atoms with Gasteiger partial charge in [0, 0.05) is 44.1 Å². The Hall–Kier alpha value is -2.17. The molecule has 0 N–H and O–H groups in total. The van der Waals surface area contributed by atoms with Crippen LogP contribution in [0.3, 0.4) is 0 Å². The molecule has 4 heteroatoms. The maximum atomic E-state index is 6.22. The number of benzene rings is 1. The standard InChI is InChI=1S/C28H38N2O2/c1-26(2)17-31-28(5,32-18-26)14-13-21-22-11-9-19(29-6)15-24(22)27(3,4)25-16-20(30(7)8)10-12-23(21)25/h9-12,15-16H,13-14,17-18H2,1-8H3. The largest absolute Gasteiger partial charge is 0.378 e. The number of hydrogen-bond acceptors (Lipinski definition) is 4. The third-order valence-electron chi connectivity index (χ3n) is 7.14. The Morgan fingerprint density at radius 2 is 1.69 bits per heavy atom. The van der Waals surface area contributed by atoms with Gasteiger partial charge in [-0.25, -0.2) is 0 Å². The molecule has 1 heterocycles. The molecule has 1 aliphatic heterocycles. The lowest BCUT2D eigenvalue weighted by Gasteiger charge is -2.43. The van der Waals surface area contributed by atoms with Crippen LogP contribution in [0.5, 0.6) is 0 Å². The van der Waals surface area contributed by atoms with Gasteiger partial charge in [0.2, 0.25) is 0 Å². The van der Waals surface area contributed by atoms with Gasteiger partial charge in [0.1, 0.15) is 0 Å². The summed E-state index contributed by atoms with van der Waals surface area (Å²) in [6.45, 7) is 12.6. The first kappa shape index (κ1) is 23.0. The zero-order valence-electron chi connectivity index (χ0n) is 21.0. The number of rotatable bonds is 4. The first-order valence-corrected chi connectivity index (χ1v) is 11.7. The van der Waals surface area contributed by atoms with E-state index in [9.17, 15) is 0 Å². The van der Waals surface area contributed by atoms with Gasteiger partial charge in [0.05, 0.1) is 18.9 Å². The van der Waals surface area contributed by atoms with Crippen LogP contribution in [0.4, 0.5) is 5.69 Å². The van der Waals surface area contributed by atoms with E-state index >= 15 is 0 Å². The van der Waals surface area contributed by atoms with Crippen molar-refractivity contribution in [3.8, 4) is 0 Å². The van der Waals surface area contributed by atoms with E-state index < -0.39 is 5.79 Å². The van der Waals surface area contributed by atoms with Gasteiger partial charge in [-0.2, -0.15) is 0 Å². The van der Waals surface area contributed by atoms with Crippen LogP contribution in [0.15, 0.2) is 52.6 Å². The van der Waals surface area contributed by atoms with Crippen LogP contribution in [0.25, 0.3) is 5.57 Å². The lowest BCUT2D eigenvalue weighted by Crippen LogP contribution is -2.45. The van der Waals surface area contributed by atoms with Crippen molar-refractivity contribution in [1.82, 2.24) is 0 Å². The smallest absolute Gasteiger partial charge is 0.165 e. The Morgan fingerprint density at radius 3 is 2.31 bits per heavy atom. The summed E-state index contributed by atoms with van der Waals surface area (Å²) in [4.78, 5) is 6.63. The molecule has 2 aliphatic carbocycles. The lowest BCUT2D eigenvalue weighted by atomic mass is 9.64. The van der Waals surface area contributed by atoms with Gasteiger partial charge in [-0.3, -0.25) is 4.99 Å². The molecule has 1 saturated heterocycles. The summed E-state index contributed by atoms with van der Waals surface area (Å²) in [6.07, 6.45) is 8.37. The van der Waals surface area contributed by atoms with Crippen molar-refractivity contribution < 1.29 is 9.47 Å². The third kappa shape index (κ3) is 4.11. The molecule has 1 fully saturated rings. The highest BCUT2D eigenvalue weighted by Gasteiger charge is 2.40. The molecule has 32 heavy (non-hydrogen) atoms. The van der Waals surface area contributed by atoms with Crippen molar-refractivity contribution in [3.05, 3.63) is 58.7 Å². The number of hydrogen-bond donors (Lipinski definition) is 0. The molecule has 0 atom stereocenters. The normalized spacial score (nSPS) is 24.1. The fourth-order valence-corrected chi connectivity index (χ4v) is 4.88. The molecule has 1 aromatic rings. The number of anilines is 1. The highest BCUT2D eigenvalue weighted by molar-refractivity contribution is 6.08. The van der Waals surface area contributed by atoms with Crippen LogP contribution >= 0.6 is 0 Å². The average molecular weight is 435 g/mol. The molecule has 4 rings (SSSR count). The molecule has 3 aliphatic rings.